The summed E-state index contributed by atoms with van der Waals surface area (Å²) >= 11 is 0. The minimum absolute atomic E-state index is 0.0165. The van der Waals surface area contributed by atoms with Crippen LogP contribution in [-0.4, -0.2) is 30.0 Å². The molecule has 0 aliphatic carbocycles. The number of rotatable bonds is 2. The molecule has 0 aliphatic heterocycles. The molecule has 0 atom stereocenters. The molecule has 0 bridgehead atoms. The Morgan fingerprint density at radius 3 is 2.22 bits per heavy atom. The number of aromatic carboxylic acids is 1. The summed E-state index contributed by atoms with van der Waals surface area (Å²) in [6.45, 7) is 2.70. The van der Waals surface area contributed by atoms with E-state index in [1.807, 2.05) is 0 Å². The molecule has 0 saturated carbocycles. The predicted octanol–water partition coefficient (Wildman–Crippen LogP) is 1.69. The zero-order valence-electron chi connectivity index (χ0n) is 9.24. The van der Waals surface area contributed by atoms with Crippen LogP contribution in [0.1, 0.15) is 21.6 Å². The average Bonchev–Trinajstić information content (AvgIpc) is 2.19. The van der Waals surface area contributed by atoms with Gasteiger partial charge in [0.2, 0.25) is 0 Å². The van der Waals surface area contributed by atoms with E-state index in [1.54, 1.807) is 0 Å². The summed E-state index contributed by atoms with van der Waals surface area (Å²) < 4.78 is 59.5. The van der Waals surface area contributed by atoms with Crippen molar-refractivity contribution in [1.29, 1.82) is 0 Å². The number of hydrogen-bond acceptors (Lipinski definition) is 4. The van der Waals surface area contributed by atoms with Gasteiger partial charge in [-0.3, -0.25) is 0 Å². The summed E-state index contributed by atoms with van der Waals surface area (Å²) in [5.41, 5.74) is -6.28. The summed E-state index contributed by atoms with van der Waals surface area (Å²) in [6.07, 6.45) is 0. The molecular weight excluding hydrogens is 275 g/mol. The maximum atomic E-state index is 12.4. The first-order valence-electron chi connectivity index (χ1n) is 4.51. The van der Waals surface area contributed by atoms with Crippen LogP contribution < -0.4 is 0 Å². The van der Waals surface area contributed by atoms with E-state index in [-0.39, 0.29) is 11.3 Å². The number of aromatic nitrogens is 1. The number of carboxylic acid groups (broad SMARTS) is 1. The molecule has 1 N–H and O–H groups in total. The molecule has 0 saturated heterocycles. The average molecular weight is 283 g/mol. The Labute approximate surface area is 100 Å². The van der Waals surface area contributed by atoms with Crippen LogP contribution in [-0.2, 0) is 9.84 Å². The topological polar surface area (TPSA) is 84.3 Å². The number of carboxylic acids is 1. The zero-order chi connectivity index (χ0) is 14.3. The first kappa shape index (κ1) is 14.4. The van der Waals surface area contributed by atoms with Gasteiger partial charge in [-0.05, 0) is 25.5 Å². The Hall–Kier alpha value is -1.64. The lowest BCUT2D eigenvalue weighted by molar-refractivity contribution is -0.0438. The van der Waals surface area contributed by atoms with E-state index in [9.17, 15) is 26.4 Å². The second-order valence-corrected chi connectivity index (χ2v) is 5.35. The number of sulfone groups is 1. The number of pyridine rings is 1. The molecule has 0 aromatic carbocycles. The van der Waals surface area contributed by atoms with Gasteiger partial charge in [0.1, 0.15) is 0 Å². The number of hydrogen-bond donors (Lipinski definition) is 1. The molecule has 1 aromatic heterocycles. The van der Waals surface area contributed by atoms with Crippen molar-refractivity contribution in [2.45, 2.75) is 24.4 Å². The summed E-state index contributed by atoms with van der Waals surface area (Å²) in [4.78, 5) is 14.0. The SMILES string of the molecule is Cc1cc(C(=O)O)c(S(=O)(=O)C(F)(F)F)nc1C. The van der Waals surface area contributed by atoms with E-state index < -0.39 is 31.9 Å². The molecule has 1 heterocycles. The largest absolute Gasteiger partial charge is 0.503 e. The van der Waals surface area contributed by atoms with Gasteiger partial charge in [-0.1, -0.05) is 0 Å². The zero-order valence-corrected chi connectivity index (χ0v) is 10.1. The fourth-order valence-electron chi connectivity index (χ4n) is 1.15. The molecule has 0 unspecified atom stereocenters. The normalized spacial score (nSPS) is 12.5. The van der Waals surface area contributed by atoms with E-state index in [2.05, 4.69) is 4.98 Å². The molecule has 18 heavy (non-hydrogen) atoms. The van der Waals surface area contributed by atoms with Crippen LogP contribution in [0.3, 0.4) is 0 Å². The lowest BCUT2D eigenvalue weighted by Gasteiger charge is -2.11. The third-order valence-corrected chi connectivity index (χ3v) is 3.65. The molecule has 0 fully saturated rings. The molecule has 0 spiro atoms. The molecule has 1 rings (SSSR count). The first-order chi connectivity index (χ1) is 7.98. The lowest BCUT2D eigenvalue weighted by Crippen LogP contribution is -2.27. The van der Waals surface area contributed by atoms with E-state index >= 15 is 0 Å². The van der Waals surface area contributed by atoms with Crippen molar-refractivity contribution in [3.05, 3.63) is 22.9 Å². The van der Waals surface area contributed by atoms with Crippen LogP contribution in [0.2, 0.25) is 0 Å². The maximum Gasteiger partial charge on any atom is 0.503 e. The summed E-state index contributed by atoms with van der Waals surface area (Å²) in [5.74, 6) is -1.78. The molecule has 5 nitrogen and oxygen atoms in total. The van der Waals surface area contributed by atoms with Gasteiger partial charge in [0, 0.05) is 5.69 Å². The van der Waals surface area contributed by atoms with E-state index in [0.717, 1.165) is 6.07 Å². The summed E-state index contributed by atoms with van der Waals surface area (Å²) in [6, 6.07) is 0.850. The van der Waals surface area contributed by atoms with Crippen molar-refractivity contribution in [1.82, 2.24) is 4.98 Å². The second-order valence-electron chi connectivity index (χ2n) is 3.50. The third-order valence-electron chi connectivity index (χ3n) is 2.22. The minimum atomic E-state index is -5.78. The van der Waals surface area contributed by atoms with Crippen molar-refractivity contribution in [3.8, 4) is 0 Å². The standard InChI is InChI=1S/C9H8F3NO4S/c1-4-3-6(8(14)15)7(13-5(4)2)18(16,17)9(10,11)12/h3H,1-2H3,(H,14,15). The maximum absolute atomic E-state index is 12.4. The van der Waals surface area contributed by atoms with Crippen LogP contribution in [0.4, 0.5) is 13.2 Å². The number of halogens is 3. The van der Waals surface area contributed by atoms with Crippen molar-refractivity contribution >= 4 is 15.8 Å². The van der Waals surface area contributed by atoms with Gasteiger partial charge < -0.3 is 5.11 Å². The van der Waals surface area contributed by atoms with Crippen molar-refractivity contribution in [2.24, 2.45) is 0 Å². The van der Waals surface area contributed by atoms with E-state index in [0.29, 0.717) is 0 Å². The monoisotopic (exact) mass is 283 g/mol. The molecule has 9 heteroatoms. The van der Waals surface area contributed by atoms with Gasteiger partial charge in [0.05, 0.1) is 5.56 Å². The highest BCUT2D eigenvalue weighted by Gasteiger charge is 2.49. The Kier molecular flexibility index (Phi) is 3.39. The highest BCUT2D eigenvalue weighted by Crippen LogP contribution is 2.31. The molecular formula is C9H8F3NO4S. The number of aryl methyl sites for hydroxylation is 2. The van der Waals surface area contributed by atoms with Gasteiger partial charge in [-0.25, -0.2) is 18.2 Å². The number of carbonyl (C=O) groups is 1. The number of alkyl halides is 3. The van der Waals surface area contributed by atoms with Gasteiger partial charge >= 0.3 is 11.5 Å². The van der Waals surface area contributed by atoms with Crippen LogP contribution >= 0.6 is 0 Å². The first-order valence-corrected chi connectivity index (χ1v) is 5.99. The molecule has 100 valence electrons. The van der Waals surface area contributed by atoms with Gasteiger partial charge in [-0.2, -0.15) is 13.2 Å². The Bertz CT molecular complexity index is 607. The van der Waals surface area contributed by atoms with Gasteiger partial charge in [0.25, 0.3) is 9.84 Å². The van der Waals surface area contributed by atoms with Crippen LogP contribution in [0, 0.1) is 13.8 Å². The molecule has 1 aromatic rings. The highest BCUT2D eigenvalue weighted by molar-refractivity contribution is 7.92. The minimum Gasteiger partial charge on any atom is -0.478 e. The van der Waals surface area contributed by atoms with E-state index in [4.69, 9.17) is 5.11 Å². The van der Waals surface area contributed by atoms with Crippen molar-refractivity contribution in [2.75, 3.05) is 0 Å². The van der Waals surface area contributed by atoms with Crippen LogP contribution in [0.25, 0.3) is 0 Å². The number of nitrogens with zero attached hydrogens (tertiary/aromatic N) is 1. The highest BCUT2D eigenvalue weighted by atomic mass is 32.2. The predicted molar refractivity (Wildman–Crippen MR) is 53.9 cm³/mol. The van der Waals surface area contributed by atoms with Crippen molar-refractivity contribution < 1.29 is 31.5 Å². The van der Waals surface area contributed by atoms with Crippen LogP contribution in [0.5, 0.6) is 0 Å². The van der Waals surface area contributed by atoms with Crippen molar-refractivity contribution in [3.63, 3.8) is 0 Å². The fraction of sp³-hybridized carbons (Fsp3) is 0.333. The van der Waals surface area contributed by atoms with Crippen LogP contribution in [0.15, 0.2) is 11.1 Å². The summed E-state index contributed by atoms with van der Waals surface area (Å²) in [7, 11) is -5.78. The fourth-order valence-corrected chi connectivity index (χ4v) is 2.06. The lowest BCUT2D eigenvalue weighted by atomic mass is 10.2. The quantitative estimate of drug-likeness (QED) is 0.892. The van der Waals surface area contributed by atoms with Gasteiger partial charge in [0.15, 0.2) is 5.03 Å². The smallest absolute Gasteiger partial charge is 0.478 e. The Balaban J connectivity index is 3.70. The third kappa shape index (κ3) is 2.30. The summed E-state index contributed by atoms with van der Waals surface area (Å²) in [5, 5.41) is 7.26. The Morgan fingerprint density at radius 1 is 1.33 bits per heavy atom. The Morgan fingerprint density at radius 2 is 1.83 bits per heavy atom. The molecule has 0 radical (unpaired) electrons. The molecule has 0 amide bonds. The second kappa shape index (κ2) is 4.23. The molecule has 0 aliphatic rings. The van der Waals surface area contributed by atoms with Gasteiger partial charge in [-0.15, -0.1) is 0 Å². The van der Waals surface area contributed by atoms with E-state index in [1.165, 1.54) is 13.8 Å².